The zero-order chi connectivity index (χ0) is 22.8. The van der Waals surface area contributed by atoms with E-state index in [1.807, 2.05) is 24.3 Å². The number of carbonyl (C=O) groups is 1. The second kappa shape index (κ2) is 9.10. The number of nitrogens with one attached hydrogen (secondary N) is 2. The number of nitrogens with zero attached hydrogens (tertiary/aromatic N) is 1. The summed E-state index contributed by atoms with van der Waals surface area (Å²) in [6, 6.07) is 13.9. The molecule has 0 saturated heterocycles. The highest BCUT2D eigenvalue weighted by Crippen LogP contribution is 2.40. The van der Waals surface area contributed by atoms with Crippen molar-refractivity contribution in [2.45, 2.75) is 23.8 Å². The summed E-state index contributed by atoms with van der Waals surface area (Å²) >= 11 is 7.58. The van der Waals surface area contributed by atoms with Crippen LogP contribution in [0.3, 0.4) is 0 Å². The third-order valence-corrected chi connectivity index (χ3v) is 6.47. The molecule has 0 aliphatic carbocycles. The molecule has 3 N–H and O–H groups in total. The number of methoxy groups -OCH3 is 1. The summed E-state index contributed by atoms with van der Waals surface area (Å²) in [5, 5.41) is 13.8. The van der Waals surface area contributed by atoms with Gasteiger partial charge in [-0.3, -0.25) is 4.79 Å². The first-order chi connectivity index (χ1) is 15.4. The van der Waals surface area contributed by atoms with Gasteiger partial charge in [-0.05, 0) is 36.2 Å². The number of H-pyrrole nitrogens is 1. The molecule has 1 aliphatic heterocycles. The van der Waals surface area contributed by atoms with Gasteiger partial charge in [-0.1, -0.05) is 53.7 Å². The van der Waals surface area contributed by atoms with Crippen molar-refractivity contribution in [2.24, 2.45) is 0 Å². The summed E-state index contributed by atoms with van der Waals surface area (Å²) in [4.78, 5) is 33.2. The molecule has 2 heterocycles. The second-order valence-electron chi connectivity index (χ2n) is 7.19. The van der Waals surface area contributed by atoms with E-state index < -0.39 is 11.9 Å². The fraction of sp³-hybridized carbons (Fsp3) is 0.174. The van der Waals surface area contributed by atoms with E-state index in [0.717, 1.165) is 5.56 Å². The van der Waals surface area contributed by atoms with Crippen LogP contribution < -0.4 is 10.9 Å². The zero-order valence-electron chi connectivity index (χ0n) is 17.3. The standard InChI is InChI=1S/C23H20ClN3O4S/c1-12-17(22(30)31-2)18(13-7-9-15(28)10-8-13)19-20(25-12)26-23(27-21(19)29)32-11-14-5-3-4-6-16(14)24/h3-10,18,28H,11H2,1-2H3,(H2,25,26,27,29)/t18-/m0/s1. The van der Waals surface area contributed by atoms with Gasteiger partial charge in [0.25, 0.3) is 5.56 Å². The highest BCUT2D eigenvalue weighted by Gasteiger charge is 2.36. The van der Waals surface area contributed by atoms with Gasteiger partial charge in [0.15, 0.2) is 5.16 Å². The normalized spacial score (nSPS) is 15.2. The van der Waals surface area contributed by atoms with Crippen molar-refractivity contribution in [2.75, 3.05) is 12.4 Å². The number of rotatable bonds is 5. The minimum absolute atomic E-state index is 0.0848. The molecular weight excluding hydrogens is 450 g/mol. The van der Waals surface area contributed by atoms with Crippen LogP contribution in [0.25, 0.3) is 0 Å². The van der Waals surface area contributed by atoms with Gasteiger partial charge in [-0.2, -0.15) is 0 Å². The molecule has 0 amide bonds. The van der Waals surface area contributed by atoms with Gasteiger partial charge in [-0.15, -0.1) is 0 Å². The Balaban J connectivity index is 1.76. The predicted molar refractivity (Wildman–Crippen MR) is 124 cm³/mol. The molecular formula is C23H20ClN3O4S. The molecule has 0 saturated carbocycles. The molecule has 7 nitrogen and oxygen atoms in total. The first kappa shape index (κ1) is 22.0. The SMILES string of the molecule is COC(=O)C1=C(C)Nc2nc(SCc3ccccc3Cl)[nH]c(=O)c2[C@H]1c1ccc(O)cc1. The minimum Gasteiger partial charge on any atom is -0.508 e. The predicted octanol–water partition coefficient (Wildman–Crippen LogP) is 4.43. The van der Waals surface area contributed by atoms with E-state index in [1.165, 1.54) is 31.0 Å². The Morgan fingerprint density at radius 1 is 1.22 bits per heavy atom. The second-order valence-corrected chi connectivity index (χ2v) is 8.56. The lowest BCUT2D eigenvalue weighted by Crippen LogP contribution is -2.30. The quantitative estimate of drug-likeness (QED) is 0.288. The third kappa shape index (κ3) is 4.24. The maximum atomic E-state index is 13.2. The number of halogens is 1. The lowest BCUT2D eigenvalue weighted by molar-refractivity contribution is -0.136. The Labute approximate surface area is 193 Å². The van der Waals surface area contributed by atoms with Crippen molar-refractivity contribution >= 4 is 35.1 Å². The number of phenols is 1. The number of benzene rings is 2. The number of allylic oxidation sites excluding steroid dienone is 1. The summed E-state index contributed by atoms with van der Waals surface area (Å²) in [6.07, 6.45) is 0. The van der Waals surface area contributed by atoms with Crippen molar-refractivity contribution in [1.29, 1.82) is 0 Å². The number of thioether (sulfide) groups is 1. The molecule has 2 aromatic carbocycles. The van der Waals surface area contributed by atoms with Crippen molar-refractivity contribution < 1.29 is 14.6 Å². The van der Waals surface area contributed by atoms with Crippen LogP contribution >= 0.6 is 23.4 Å². The number of fused-ring (bicyclic) bond motifs is 1. The average Bonchev–Trinajstić information content (AvgIpc) is 2.77. The fourth-order valence-electron chi connectivity index (χ4n) is 3.64. The molecule has 3 aromatic rings. The Hall–Kier alpha value is -3.23. The summed E-state index contributed by atoms with van der Waals surface area (Å²) in [6.45, 7) is 1.74. The van der Waals surface area contributed by atoms with Crippen LogP contribution in [0.15, 0.2) is 69.8 Å². The zero-order valence-corrected chi connectivity index (χ0v) is 18.9. The topological polar surface area (TPSA) is 104 Å². The van der Waals surface area contributed by atoms with Gasteiger partial charge in [-0.25, -0.2) is 9.78 Å². The molecule has 1 aliphatic rings. The monoisotopic (exact) mass is 469 g/mol. The van der Waals surface area contributed by atoms with E-state index in [0.29, 0.717) is 44.1 Å². The Morgan fingerprint density at radius 3 is 2.62 bits per heavy atom. The van der Waals surface area contributed by atoms with Gasteiger partial charge in [0.1, 0.15) is 11.6 Å². The van der Waals surface area contributed by atoms with E-state index in [2.05, 4.69) is 15.3 Å². The number of esters is 1. The van der Waals surface area contributed by atoms with Gasteiger partial charge in [0.05, 0.1) is 24.2 Å². The molecule has 0 fully saturated rings. The molecule has 0 radical (unpaired) electrons. The van der Waals surface area contributed by atoms with Crippen molar-refractivity contribution in [3.05, 3.63) is 91.9 Å². The lowest BCUT2D eigenvalue weighted by atomic mass is 9.82. The number of anilines is 1. The highest BCUT2D eigenvalue weighted by molar-refractivity contribution is 7.98. The highest BCUT2D eigenvalue weighted by atomic mass is 35.5. The molecule has 1 aromatic heterocycles. The number of aromatic hydroxyl groups is 1. The largest absolute Gasteiger partial charge is 0.508 e. The number of aromatic amines is 1. The van der Waals surface area contributed by atoms with E-state index in [4.69, 9.17) is 16.3 Å². The van der Waals surface area contributed by atoms with Gasteiger partial charge >= 0.3 is 5.97 Å². The van der Waals surface area contributed by atoms with Crippen molar-refractivity contribution in [3.8, 4) is 5.75 Å². The number of carbonyl (C=O) groups excluding carboxylic acids is 1. The maximum Gasteiger partial charge on any atom is 0.336 e. The summed E-state index contributed by atoms with van der Waals surface area (Å²) in [5.74, 6) is -0.251. The van der Waals surface area contributed by atoms with E-state index in [-0.39, 0.29) is 11.3 Å². The first-order valence-electron chi connectivity index (χ1n) is 9.74. The number of aromatic nitrogens is 2. The third-order valence-electron chi connectivity index (χ3n) is 5.17. The Morgan fingerprint density at radius 2 is 1.94 bits per heavy atom. The van der Waals surface area contributed by atoms with Crippen LogP contribution in [-0.4, -0.2) is 28.2 Å². The van der Waals surface area contributed by atoms with Gasteiger partial charge < -0.3 is 20.1 Å². The summed E-state index contributed by atoms with van der Waals surface area (Å²) in [7, 11) is 1.29. The van der Waals surface area contributed by atoms with E-state index in [1.54, 1.807) is 19.1 Å². The average molecular weight is 470 g/mol. The number of hydrogen-bond donors (Lipinski definition) is 3. The first-order valence-corrected chi connectivity index (χ1v) is 11.1. The number of phenolic OH excluding ortho intramolecular Hbond substituents is 1. The van der Waals surface area contributed by atoms with Crippen molar-refractivity contribution in [3.63, 3.8) is 0 Å². The van der Waals surface area contributed by atoms with Crippen LogP contribution in [0, 0.1) is 0 Å². The van der Waals surface area contributed by atoms with Crippen molar-refractivity contribution in [1.82, 2.24) is 9.97 Å². The molecule has 0 unspecified atom stereocenters. The molecule has 32 heavy (non-hydrogen) atoms. The Kier molecular flexibility index (Phi) is 6.25. The van der Waals surface area contributed by atoms with Crippen LogP contribution in [0.5, 0.6) is 5.75 Å². The van der Waals surface area contributed by atoms with Crippen LogP contribution in [-0.2, 0) is 15.3 Å². The molecule has 1 atom stereocenters. The maximum absolute atomic E-state index is 13.2. The Bertz CT molecular complexity index is 1270. The molecule has 164 valence electrons. The lowest BCUT2D eigenvalue weighted by Gasteiger charge is -2.28. The smallest absolute Gasteiger partial charge is 0.336 e. The number of ether oxygens (including phenoxy) is 1. The van der Waals surface area contributed by atoms with Gasteiger partial charge in [0.2, 0.25) is 0 Å². The fourth-order valence-corrected chi connectivity index (χ4v) is 4.79. The van der Waals surface area contributed by atoms with E-state index >= 15 is 0 Å². The molecule has 0 bridgehead atoms. The van der Waals surface area contributed by atoms with E-state index in [9.17, 15) is 14.7 Å². The van der Waals surface area contributed by atoms with Gasteiger partial charge in [0, 0.05) is 16.5 Å². The molecule has 4 rings (SSSR count). The summed E-state index contributed by atoms with van der Waals surface area (Å²) < 4.78 is 4.98. The molecule has 0 spiro atoms. The molecule has 9 heteroatoms. The van der Waals surface area contributed by atoms with Crippen LogP contribution in [0.2, 0.25) is 5.02 Å². The van der Waals surface area contributed by atoms with Crippen LogP contribution in [0.1, 0.15) is 29.5 Å². The summed E-state index contributed by atoms with van der Waals surface area (Å²) in [5.41, 5.74) is 2.39. The number of hydrogen-bond acceptors (Lipinski definition) is 7. The minimum atomic E-state index is -0.696. The van der Waals surface area contributed by atoms with Crippen LogP contribution in [0.4, 0.5) is 5.82 Å².